The van der Waals surface area contributed by atoms with Gasteiger partial charge in [-0.25, -0.2) is 9.59 Å². The summed E-state index contributed by atoms with van der Waals surface area (Å²) in [5.74, 6) is -0.646. The lowest BCUT2D eigenvalue weighted by Gasteiger charge is -2.03. The van der Waals surface area contributed by atoms with Crippen LogP contribution in [0.3, 0.4) is 0 Å². The maximum absolute atomic E-state index is 10.9. The second kappa shape index (κ2) is 6.32. The van der Waals surface area contributed by atoms with Crippen LogP contribution in [0.1, 0.15) is 11.3 Å². The van der Waals surface area contributed by atoms with Gasteiger partial charge in [0.1, 0.15) is 19.0 Å². The van der Waals surface area contributed by atoms with Crippen molar-refractivity contribution in [3.05, 3.63) is 49.0 Å². The van der Waals surface area contributed by atoms with Gasteiger partial charge in [-0.2, -0.15) is 0 Å². The SMILES string of the molecule is C=CC(=O)OCc1ccoc1COC(=O)C=C. The molecule has 0 N–H and O–H groups in total. The fourth-order valence-corrected chi connectivity index (χ4v) is 1.03. The minimum absolute atomic E-state index is 0.0289. The van der Waals surface area contributed by atoms with Gasteiger partial charge in [-0.3, -0.25) is 0 Å². The van der Waals surface area contributed by atoms with E-state index in [0.717, 1.165) is 12.2 Å². The molecule has 5 heteroatoms. The third-order valence-corrected chi connectivity index (χ3v) is 1.89. The van der Waals surface area contributed by atoms with Crippen LogP contribution in [-0.2, 0) is 32.3 Å². The number of rotatable bonds is 6. The van der Waals surface area contributed by atoms with Gasteiger partial charge in [0.25, 0.3) is 0 Å². The smallest absolute Gasteiger partial charge is 0.330 e. The predicted octanol–water partition coefficient (Wildman–Crippen LogP) is 1.74. The van der Waals surface area contributed by atoms with Crippen LogP contribution in [0, 0.1) is 0 Å². The molecule has 1 aromatic heterocycles. The fraction of sp³-hybridized carbons (Fsp3) is 0.167. The van der Waals surface area contributed by atoms with Crippen molar-refractivity contribution >= 4 is 11.9 Å². The molecule has 5 nitrogen and oxygen atoms in total. The normalized spacial score (nSPS) is 9.41. The van der Waals surface area contributed by atoms with E-state index in [9.17, 15) is 9.59 Å². The Kier molecular flexibility index (Phi) is 4.75. The molecule has 17 heavy (non-hydrogen) atoms. The highest BCUT2D eigenvalue weighted by atomic mass is 16.5. The van der Waals surface area contributed by atoms with Crippen molar-refractivity contribution in [3.8, 4) is 0 Å². The Labute approximate surface area is 98.3 Å². The van der Waals surface area contributed by atoms with E-state index in [-0.39, 0.29) is 13.2 Å². The Morgan fingerprint density at radius 1 is 1.18 bits per heavy atom. The quantitative estimate of drug-likeness (QED) is 0.556. The van der Waals surface area contributed by atoms with Crippen LogP contribution < -0.4 is 0 Å². The molecule has 0 aromatic carbocycles. The Morgan fingerprint density at radius 3 is 2.35 bits per heavy atom. The van der Waals surface area contributed by atoms with E-state index in [1.54, 1.807) is 6.07 Å². The van der Waals surface area contributed by atoms with Crippen LogP contribution in [0.4, 0.5) is 0 Å². The van der Waals surface area contributed by atoms with Crippen molar-refractivity contribution in [1.82, 2.24) is 0 Å². The molecule has 90 valence electrons. The van der Waals surface area contributed by atoms with Crippen LogP contribution >= 0.6 is 0 Å². The molecule has 1 rings (SSSR count). The molecule has 0 spiro atoms. The minimum atomic E-state index is -0.546. The molecule has 0 unspecified atom stereocenters. The zero-order valence-corrected chi connectivity index (χ0v) is 9.18. The number of ether oxygens (including phenoxy) is 2. The molecule has 0 atom stereocenters. The lowest BCUT2D eigenvalue weighted by Crippen LogP contribution is -2.04. The third kappa shape index (κ3) is 3.98. The molecule has 1 heterocycles. The number of carbonyl (C=O) groups is 2. The van der Waals surface area contributed by atoms with Crippen LogP contribution in [0.2, 0.25) is 0 Å². The Morgan fingerprint density at radius 2 is 1.76 bits per heavy atom. The van der Waals surface area contributed by atoms with Crippen molar-refractivity contribution in [2.24, 2.45) is 0 Å². The average molecular weight is 236 g/mol. The van der Waals surface area contributed by atoms with E-state index in [1.807, 2.05) is 0 Å². The van der Waals surface area contributed by atoms with Gasteiger partial charge in [0, 0.05) is 17.7 Å². The first-order chi connectivity index (χ1) is 8.17. The summed E-state index contributed by atoms with van der Waals surface area (Å²) in [4.78, 5) is 21.7. The van der Waals surface area contributed by atoms with Crippen molar-refractivity contribution < 1.29 is 23.5 Å². The van der Waals surface area contributed by atoms with Crippen LogP contribution in [0.5, 0.6) is 0 Å². The highest BCUT2D eigenvalue weighted by Crippen LogP contribution is 2.13. The van der Waals surface area contributed by atoms with Crippen LogP contribution in [0.15, 0.2) is 42.1 Å². The number of hydrogen-bond donors (Lipinski definition) is 0. The molecular formula is C12H12O5. The topological polar surface area (TPSA) is 65.7 Å². The van der Waals surface area contributed by atoms with Crippen LogP contribution in [-0.4, -0.2) is 11.9 Å². The lowest BCUT2D eigenvalue weighted by atomic mass is 10.3. The largest absolute Gasteiger partial charge is 0.465 e. The molecule has 0 aliphatic rings. The van der Waals surface area contributed by atoms with Gasteiger partial charge >= 0.3 is 11.9 Å². The standard InChI is InChI=1S/C12H12O5/c1-3-11(13)16-7-9-5-6-15-10(9)8-17-12(14)4-2/h3-6H,1-2,7-8H2. The molecule has 0 amide bonds. The summed E-state index contributed by atoms with van der Waals surface area (Å²) in [5.41, 5.74) is 0.636. The molecule has 0 fully saturated rings. The first-order valence-electron chi connectivity index (χ1n) is 4.81. The summed E-state index contributed by atoms with van der Waals surface area (Å²) in [6, 6.07) is 1.63. The number of carbonyl (C=O) groups excluding carboxylic acids is 2. The Bertz CT molecular complexity index is 391. The summed E-state index contributed by atoms with van der Waals surface area (Å²) in [6.45, 7) is 6.56. The molecule has 1 aromatic rings. The maximum Gasteiger partial charge on any atom is 0.330 e. The molecule has 0 radical (unpaired) electrons. The summed E-state index contributed by atoms with van der Waals surface area (Å²) in [5, 5.41) is 0. The Hall–Kier alpha value is -2.30. The van der Waals surface area contributed by atoms with Crippen molar-refractivity contribution in [1.29, 1.82) is 0 Å². The first-order valence-corrected chi connectivity index (χ1v) is 4.81. The van der Waals surface area contributed by atoms with Gasteiger partial charge in [0.15, 0.2) is 0 Å². The Balaban J connectivity index is 2.53. The summed E-state index contributed by atoms with van der Waals surface area (Å²) < 4.78 is 14.7. The van der Waals surface area contributed by atoms with Crippen LogP contribution in [0.25, 0.3) is 0 Å². The summed E-state index contributed by atoms with van der Waals surface area (Å²) >= 11 is 0. The third-order valence-electron chi connectivity index (χ3n) is 1.89. The maximum atomic E-state index is 10.9. The van der Waals surface area contributed by atoms with Crippen molar-refractivity contribution in [3.63, 3.8) is 0 Å². The van der Waals surface area contributed by atoms with E-state index in [0.29, 0.717) is 11.3 Å². The second-order valence-electron chi connectivity index (χ2n) is 2.99. The summed E-state index contributed by atoms with van der Waals surface area (Å²) in [7, 11) is 0. The van der Waals surface area contributed by atoms with Gasteiger partial charge in [0.2, 0.25) is 0 Å². The fourth-order valence-electron chi connectivity index (χ4n) is 1.03. The van der Waals surface area contributed by atoms with Crippen molar-refractivity contribution in [2.45, 2.75) is 13.2 Å². The van der Waals surface area contributed by atoms with Crippen molar-refractivity contribution in [2.75, 3.05) is 0 Å². The van der Waals surface area contributed by atoms with E-state index >= 15 is 0 Å². The molecule has 0 saturated heterocycles. The number of furan rings is 1. The van der Waals surface area contributed by atoms with Gasteiger partial charge in [-0.15, -0.1) is 0 Å². The van der Waals surface area contributed by atoms with Gasteiger partial charge in [-0.1, -0.05) is 13.2 Å². The minimum Gasteiger partial charge on any atom is -0.465 e. The predicted molar refractivity (Wildman–Crippen MR) is 58.7 cm³/mol. The summed E-state index contributed by atoms with van der Waals surface area (Å²) in [6.07, 6.45) is 3.55. The molecule has 0 bridgehead atoms. The molecule has 0 saturated carbocycles. The number of esters is 2. The van der Waals surface area contributed by atoms with Gasteiger partial charge < -0.3 is 13.9 Å². The lowest BCUT2D eigenvalue weighted by molar-refractivity contribution is -0.141. The van der Waals surface area contributed by atoms with Gasteiger partial charge in [0.05, 0.1) is 6.26 Å². The van der Waals surface area contributed by atoms with E-state index in [4.69, 9.17) is 13.9 Å². The number of hydrogen-bond acceptors (Lipinski definition) is 5. The molecular weight excluding hydrogens is 224 g/mol. The van der Waals surface area contributed by atoms with Gasteiger partial charge in [-0.05, 0) is 6.07 Å². The average Bonchev–Trinajstić information content (AvgIpc) is 2.80. The van der Waals surface area contributed by atoms with E-state index in [1.165, 1.54) is 6.26 Å². The monoisotopic (exact) mass is 236 g/mol. The molecule has 0 aliphatic heterocycles. The second-order valence-corrected chi connectivity index (χ2v) is 2.99. The van der Waals surface area contributed by atoms with E-state index in [2.05, 4.69) is 13.2 Å². The van der Waals surface area contributed by atoms with E-state index < -0.39 is 11.9 Å². The highest BCUT2D eigenvalue weighted by molar-refractivity contribution is 5.81. The first kappa shape index (κ1) is 12.8. The highest BCUT2D eigenvalue weighted by Gasteiger charge is 2.09. The zero-order valence-electron chi connectivity index (χ0n) is 9.18. The zero-order chi connectivity index (χ0) is 12.7. The molecule has 0 aliphatic carbocycles.